The summed E-state index contributed by atoms with van der Waals surface area (Å²) in [4.78, 5) is 0. The molecule has 0 radical (unpaired) electrons. The average Bonchev–Trinajstić information content (AvgIpc) is 1.30. The Morgan fingerprint density at radius 2 is 2.20 bits per heavy atom. The van der Waals surface area contributed by atoms with E-state index in [0.717, 1.165) is 0 Å². The maximum atomic E-state index is 9.96. The van der Waals surface area contributed by atoms with Crippen molar-refractivity contribution in [3.63, 3.8) is 0 Å². The fraction of sp³-hybridized carbons (Fsp3) is 0. The molecule has 28 valence electrons. The Labute approximate surface area is 35.7 Å². The highest BCUT2D eigenvalue weighted by atomic mass is 29.6. The molecule has 0 aliphatic carbocycles. The summed E-state index contributed by atoms with van der Waals surface area (Å²) in [5, 5.41) is 0. The zero-order valence-corrected chi connectivity index (χ0v) is 6.56. The Hall–Kier alpha value is 0.251. The first kappa shape index (κ1) is 3.44. The van der Waals surface area contributed by atoms with Crippen molar-refractivity contribution in [1.82, 2.24) is 0 Å². The first-order chi connectivity index (χ1) is 2.39. The quantitative estimate of drug-likeness (QED) is 0.333. The molecule has 5 heavy (non-hydrogen) atoms. The van der Waals surface area contributed by atoms with E-state index in [1.807, 2.05) is 0 Å². The molecule has 1 saturated heterocycles. The van der Waals surface area contributed by atoms with Crippen molar-refractivity contribution in [1.29, 1.82) is 0 Å². The van der Waals surface area contributed by atoms with E-state index in [1.165, 1.54) is 0 Å². The van der Waals surface area contributed by atoms with Crippen molar-refractivity contribution in [2.75, 3.05) is 0 Å². The van der Waals surface area contributed by atoms with Gasteiger partial charge in [0.1, 0.15) is 0 Å². The van der Waals surface area contributed by atoms with Crippen LogP contribution in [0.3, 0.4) is 0 Å². The molecule has 0 atom stereocenters. The molecule has 1 aliphatic rings. The van der Waals surface area contributed by atoms with Crippen molar-refractivity contribution in [3.8, 4) is 0 Å². The van der Waals surface area contributed by atoms with Crippen molar-refractivity contribution >= 4 is 26.3 Å². The molecule has 1 heterocycles. The van der Waals surface area contributed by atoms with Gasteiger partial charge >= 0.3 is 8.44 Å². The first-order valence-electron chi connectivity index (χ1n) is 1.55. The molecule has 1 aliphatic heterocycles. The molecule has 1 fully saturated rings. The van der Waals surface area contributed by atoms with Crippen LogP contribution in [0.15, 0.2) is 0 Å². The van der Waals surface area contributed by atoms with Gasteiger partial charge in [-0.25, -0.2) is 0 Å². The molecule has 0 aromatic heterocycles. The van der Waals surface area contributed by atoms with Crippen molar-refractivity contribution in [2.24, 2.45) is 0 Å². The second-order valence-electron chi connectivity index (χ2n) is 0.970. The fourth-order valence-corrected chi connectivity index (χ4v) is 5.01. The summed E-state index contributed by atoms with van der Waals surface area (Å²) in [5.74, 6) is 0. The first-order valence-corrected chi connectivity index (χ1v) is 9.77. The minimum atomic E-state index is -1.24. The van der Waals surface area contributed by atoms with Gasteiger partial charge in [-0.1, -0.05) is 0 Å². The number of hydrogen-bond acceptors (Lipinski definition) is 2. The normalized spacial score (nSPS) is 30.0. The Bertz CT molecular complexity index is 51.9. The van der Waals surface area contributed by atoms with E-state index in [1.54, 1.807) is 0 Å². The van der Waals surface area contributed by atoms with Crippen LogP contribution >= 0.6 is 0 Å². The maximum Gasteiger partial charge on any atom is 0.447 e. The summed E-state index contributed by atoms with van der Waals surface area (Å²) in [7, 11) is -1.32. The largest absolute Gasteiger partial charge is 0.590 e. The van der Waals surface area contributed by atoms with E-state index in [0.29, 0.717) is 0 Å². The molecule has 1 rings (SSSR count). The zero-order valence-electron chi connectivity index (χ0n) is 2.73. The lowest BCUT2D eigenvalue weighted by atomic mass is 15.8. The molecule has 0 unspecified atom stereocenters. The third kappa shape index (κ3) is 0.551. The summed E-state index contributed by atoms with van der Waals surface area (Å²) in [5.41, 5.74) is 0. The smallest absolute Gasteiger partial charge is 0.447 e. The zero-order chi connectivity index (χ0) is 3.70. The van der Waals surface area contributed by atoms with Crippen LogP contribution in [0.25, 0.3) is 0 Å². The van der Waals surface area contributed by atoms with Gasteiger partial charge < -0.3 is 8.58 Å². The van der Waals surface area contributed by atoms with E-state index in [2.05, 4.69) is 4.12 Å². The lowest BCUT2D eigenvalue weighted by molar-refractivity contribution is 0.482. The van der Waals surface area contributed by atoms with Crippen LogP contribution in [-0.4, -0.2) is 26.3 Å². The third-order valence-corrected chi connectivity index (χ3v) is 14.3. The Kier molecular flexibility index (Phi) is 0.791. The average molecular weight is 120 g/mol. The standard InChI is InChI=1S/H4O2Si3/c1-5-2-3-4-5/h3-4H2. The second kappa shape index (κ2) is 1.15. The summed E-state index contributed by atoms with van der Waals surface area (Å²) >= 11 is 0. The predicted molar refractivity (Wildman–Crippen MR) is 24.6 cm³/mol. The van der Waals surface area contributed by atoms with Gasteiger partial charge in [-0.2, -0.15) is 0 Å². The fourth-order valence-electron chi connectivity index (χ4n) is 0.185. The van der Waals surface area contributed by atoms with E-state index in [4.69, 9.17) is 0 Å². The van der Waals surface area contributed by atoms with Gasteiger partial charge in [-0.15, -0.1) is 0 Å². The second-order valence-corrected chi connectivity index (χ2v) is 12.7. The lowest BCUT2D eigenvalue weighted by Gasteiger charge is -2.07. The Balaban J connectivity index is 2.32. The molecule has 5 heteroatoms. The van der Waals surface area contributed by atoms with Gasteiger partial charge in [0.15, 0.2) is 17.8 Å². The van der Waals surface area contributed by atoms with Gasteiger partial charge in [-0.3, -0.25) is 0 Å². The number of hydrogen-bond donors (Lipinski definition) is 0. The monoisotopic (exact) mass is 120 g/mol. The van der Waals surface area contributed by atoms with Crippen LogP contribution in [0, 0.1) is 0 Å². The minimum absolute atomic E-state index is 0.00772. The van der Waals surface area contributed by atoms with Gasteiger partial charge in [0.2, 0.25) is 0 Å². The van der Waals surface area contributed by atoms with E-state index in [-0.39, 0.29) is 17.8 Å². The number of rotatable bonds is 0. The van der Waals surface area contributed by atoms with Gasteiger partial charge in [-0.05, 0) is 0 Å². The summed E-state index contributed by atoms with van der Waals surface area (Å²) in [6.07, 6.45) is 0. The summed E-state index contributed by atoms with van der Waals surface area (Å²) in [6.45, 7) is 0. The van der Waals surface area contributed by atoms with Crippen LogP contribution in [0.2, 0.25) is 0 Å². The predicted octanol–water partition coefficient (Wildman–Crippen LogP) is -2.40. The highest BCUT2D eigenvalue weighted by Crippen LogP contribution is 1.78. The van der Waals surface area contributed by atoms with Crippen LogP contribution in [0.4, 0.5) is 0 Å². The minimum Gasteiger partial charge on any atom is -0.590 e. The SMILES string of the molecule is O=[Si]1O[SiH2][SiH2]1. The molecular weight excluding hydrogens is 116 g/mol. The summed E-state index contributed by atoms with van der Waals surface area (Å²) in [6, 6.07) is 0. The van der Waals surface area contributed by atoms with Crippen LogP contribution in [-0.2, 0) is 8.58 Å². The molecule has 0 spiro atoms. The van der Waals surface area contributed by atoms with Crippen molar-refractivity contribution in [2.45, 2.75) is 0 Å². The third-order valence-electron chi connectivity index (χ3n) is 0.569. The van der Waals surface area contributed by atoms with E-state index < -0.39 is 8.44 Å². The van der Waals surface area contributed by atoms with Gasteiger partial charge in [0.05, 0.1) is 0 Å². The molecular formula is H4O2Si3. The Morgan fingerprint density at radius 1 is 1.80 bits per heavy atom. The topological polar surface area (TPSA) is 26.3 Å². The molecule has 0 aromatic rings. The van der Waals surface area contributed by atoms with Crippen LogP contribution in [0.5, 0.6) is 0 Å². The Morgan fingerprint density at radius 3 is 2.20 bits per heavy atom. The molecule has 0 N–H and O–H groups in total. The molecule has 0 saturated carbocycles. The van der Waals surface area contributed by atoms with E-state index >= 15 is 0 Å². The molecule has 2 nitrogen and oxygen atoms in total. The van der Waals surface area contributed by atoms with Crippen molar-refractivity contribution in [3.05, 3.63) is 0 Å². The van der Waals surface area contributed by atoms with Crippen LogP contribution in [0.1, 0.15) is 0 Å². The van der Waals surface area contributed by atoms with Crippen molar-refractivity contribution < 1.29 is 8.58 Å². The van der Waals surface area contributed by atoms with Gasteiger partial charge in [0, 0.05) is 0 Å². The summed E-state index contributed by atoms with van der Waals surface area (Å²) < 4.78 is 14.6. The van der Waals surface area contributed by atoms with E-state index in [9.17, 15) is 4.46 Å². The van der Waals surface area contributed by atoms with Crippen LogP contribution < -0.4 is 0 Å². The lowest BCUT2D eigenvalue weighted by Crippen LogP contribution is -2.37. The molecule has 0 amide bonds. The molecule has 0 aromatic carbocycles. The maximum absolute atomic E-state index is 9.96. The molecule has 0 bridgehead atoms. The highest BCUT2D eigenvalue weighted by molar-refractivity contribution is 7.36. The van der Waals surface area contributed by atoms with Gasteiger partial charge in [0.25, 0.3) is 0 Å². The highest BCUT2D eigenvalue weighted by Gasteiger charge is 2.17.